The number of aliphatic carboxylic acids is 1. The zero-order valence-electron chi connectivity index (χ0n) is 15.0. The predicted octanol–water partition coefficient (Wildman–Crippen LogP) is 4.61. The molecule has 0 heterocycles. The van der Waals surface area contributed by atoms with Crippen molar-refractivity contribution in [1.29, 1.82) is 0 Å². The van der Waals surface area contributed by atoms with Crippen molar-refractivity contribution in [2.24, 2.45) is 34.0 Å². The zero-order valence-corrected chi connectivity index (χ0v) is 15.0. The van der Waals surface area contributed by atoms with Gasteiger partial charge in [0.25, 0.3) is 0 Å². The highest BCUT2D eigenvalue weighted by atomic mass is 16.4. The number of carbonyl (C=O) groups excluding carboxylic acids is 1. The van der Waals surface area contributed by atoms with Gasteiger partial charge in [0.2, 0.25) is 0 Å². The van der Waals surface area contributed by atoms with Gasteiger partial charge >= 0.3 is 5.97 Å². The van der Waals surface area contributed by atoms with Crippen molar-refractivity contribution in [1.82, 2.24) is 0 Å². The first-order valence-electron chi connectivity index (χ1n) is 9.74. The van der Waals surface area contributed by atoms with E-state index < -0.39 is 11.4 Å². The van der Waals surface area contributed by atoms with Crippen molar-refractivity contribution in [3.8, 4) is 0 Å². The average molecular weight is 330 g/mol. The molecule has 0 aromatic heterocycles. The standard InChI is InChI=1S/C21H30O3/c1-19-8-3-9-20(2,18(23)24)16(19)6-10-21-12-14(4-5-17(19)21)15(13-21)7-11-22/h11,13-14,16-17H,3-10,12H2,1-2H3,(H,23,24)/t14-,16+,17+,19-,20+,21+/m1/s1. The van der Waals surface area contributed by atoms with E-state index in [0.717, 1.165) is 32.0 Å². The number of aldehydes is 1. The smallest absolute Gasteiger partial charge is 0.309 e. The summed E-state index contributed by atoms with van der Waals surface area (Å²) in [4.78, 5) is 23.1. The molecule has 4 aliphatic carbocycles. The molecule has 3 saturated carbocycles. The summed E-state index contributed by atoms with van der Waals surface area (Å²) in [6.07, 6.45) is 13.0. The van der Waals surface area contributed by atoms with Crippen LogP contribution in [0, 0.1) is 34.0 Å². The molecule has 3 heteroatoms. The molecule has 132 valence electrons. The van der Waals surface area contributed by atoms with Crippen molar-refractivity contribution in [3.05, 3.63) is 11.6 Å². The summed E-state index contributed by atoms with van der Waals surface area (Å²) in [7, 11) is 0. The second kappa shape index (κ2) is 5.19. The molecule has 1 spiro atoms. The third-order valence-electron chi connectivity index (χ3n) is 8.60. The van der Waals surface area contributed by atoms with Gasteiger partial charge in [0, 0.05) is 6.42 Å². The van der Waals surface area contributed by atoms with Gasteiger partial charge in [-0.05, 0) is 80.5 Å². The summed E-state index contributed by atoms with van der Waals surface area (Å²) in [6.45, 7) is 4.40. The summed E-state index contributed by atoms with van der Waals surface area (Å²) in [5.41, 5.74) is 1.22. The van der Waals surface area contributed by atoms with E-state index in [0.29, 0.717) is 24.2 Å². The maximum Gasteiger partial charge on any atom is 0.309 e. The Hall–Kier alpha value is -1.12. The minimum absolute atomic E-state index is 0.141. The average Bonchev–Trinajstić information content (AvgIpc) is 2.78. The Bertz CT molecular complexity index is 608. The van der Waals surface area contributed by atoms with Gasteiger partial charge in [0.05, 0.1) is 5.41 Å². The van der Waals surface area contributed by atoms with Crippen molar-refractivity contribution in [2.75, 3.05) is 0 Å². The summed E-state index contributed by atoms with van der Waals surface area (Å²) >= 11 is 0. The molecule has 0 amide bonds. The van der Waals surface area contributed by atoms with Gasteiger partial charge < -0.3 is 9.90 Å². The van der Waals surface area contributed by atoms with Gasteiger partial charge in [0.15, 0.2) is 0 Å². The minimum Gasteiger partial charge on any atom is -0.481 e. The molecule has 0 unspecified atom stereocenters. The Morgan fingerprint density at radius 1 is 1.21 bits per heavy atom. The largest absolute Gasteiger partial charge is 0.481 e. The van der Waals surface area contributed by atoms with E-state index >= 15 is 0 Å². The van der Waals surface area contributed by atoms with Crippen molar-refractivity contribution < 1.29 is 14.7 Å². The van der Waals surface area contributed by atoms with Crippen LogP contribution in [0.1, 0.15) is 71.6 Å². The highest BCUT2D eigenvalue weighted by Crippen LogP contribution is 2.70. The van der Waals surface area contributed by atoms with Gasteiger partial charge in [0.1, 0.15) is 6.29 Å². The maximum atomic E-state index is 12.1. The van der Waals surface area contributed by atoms with E-state index in [-0.39, 0.29) is 10.8 Å². The first-order valence-corrected chi connectivity index (χ1v) is 9.74. The van der Waals surface area contributed by atoms with Gasteiger partial charge in [-0.1, -0.05) is 25.0 Å². The molecule has 1 N–H and O–H groups in total. The van der Waals surface area contributed by atoms with Gasteiger partial charge in [-0.25, -0.2) is 0 Å². The molecule has 0 aromatic carbocycles. The SMILES string of the molecule is C[C@@]12CCC[C@](C)(C(=O)O)[C@H]1CC[C@]13C=C(CC=O)[C@H](CC[C@H]12)C3. The molecule has 6 atom stereocenters. The number of fused-ring (bicyclic) bond motifs is 3. The fraction of sp³-hybridized carbons (Fsp3) is 0.810. The summed E-state index contributed by atoms with van der Waals surface area (Å²) in [5, 5.41) is 9.94. The molecule has 4 rings (SSSR count). The van der Waals surface area contributed by atoms with Crippen LogP contribution in [0.25, 0.3) is 0 Å². The highest BCUT2D eigenvalue weighted by molar-refractivity contribution is 5.75. The third-order valence-corrected chi connectivity index (χ3v) is 8.60. The number of carboxylic acid groups (broad SMARTS) is 1. The van der Waals surface area contributed by atoms with Crippen LogP contribution in [0.2, 0.25) is 0 Å². The topological polar surface area (TPSA) is 54.4 Å². The van der Waals surface area contributed by atoms with E-state index in [2.05, 4.69) is 13.0 Å². The van der Waals surface area contributed by atoms with E-state index in [9.17, 15) is 14.7 Å². The molecule has 4 aliphatic rings. The number of rotatable bonds is 3. The molecule has 0 aromatic rings. The van der Waals surface area contributed by atoms with E-state index in [4.69, 9.17) is 0 Å². The molecule has 3 nitrogen and oxygen atoms in total. The highest BCUT2D eigenvalue weighted by Gasteiger charge is 2.64. The predicted molar refractivity (Wildman–Crippen MR) is 92.5 cm³/mol. The monoisotopic (exact) mass is 330 g/mol. The van der Waals surface area contributed by atoms with Crippen LogP contribution in [0.4, 0.5) is 0 Å². The van der Waals surface area contributed by atoms with E-state index in [1.807, 2.05) is 6.92 Å². The Morgan fingerprint density at radius 2 is 2.00 bits per heavy atom. The van der Waals surface area contributed by atoms with Crippen LogP contribution < -0.4 is 0 Å². The van der Waals surface area contributed by atoms with E-state index in [1.165, 1.54) is 31.3 Å². The van der Waals surface area contributed by atoms with Crippen LogP contribution in [0.3, 0.4) is 0 Å². The second-order valence-corrected chi connectivity index (χ2v) is 9.53. The first-order chi connectivity index (χ1) is 11.4. The molecule has 3 fully saturated rings. The van der Waals surface area contributed by atoms with Crippen LogP contribution in [0.15, 0.2) is 11.6 Å². The normalized spacial score (nSPS) is 49.8. The zero-order chi connectivity index (χ0) is 17.2. The number of hydrogen-bond donors (Lipinski definition) is 1. The summed E-state index contributed by atoms with van der Waals surface area (Å²) < 4.78 is 0. The van der Waals surface area contributed by atoms with E-state index in [1.54, 1.807) is 0 Å². The Morgan fingerprint density at radius 3 is 2.71 bits per heavy atom. The lowest BCUT2D eigenvalue weighted by atomic mass is 9.41. The lowest BCUT2D eigenvalue weighted by Crippen LogP contribution is -2.58. The molecule has 0 saturated heterocycles. The molecule has 24 heavy (non-hydrogen) atoms. The van der Waals surface area contributed by atoms with Gasteiger partial charge in [-0.3, -0.25) is 4.79 Å². The molecule has 0 aliphatic heterocycles. The summed E-state index contributed by atoms with van der Waals surface area (Å²) in [6, 6.07) is 0. The fourth-order valence-electron chi connectivity index (χ4n) is 7.63. The third kappa shape index (κ3) is 1.96. The molecular formula is C21H30O3. The second-order valence-electron chi connectivity index (χ2n) is 9.53. The number of carbonyl (C=O) groups is 2. The van der Waals surface area contributed by atoms with Crippen molar-refractivity contribution in [3.63, 3.8) is 0 Å². The Labute approximate surface area is 144 Å². The van der Waals surface area contributed by atoms with Gasteiger partial charge in [-0.2, -0.15) is 0 Å². The van der Waals surface area contributed by atoms with Crippen LogP contribution in [0.5, 0.6) is 0 Å². The minimum atomic E-state index is -0.591. The number of carboxylic acids is 1. The number of allylic oxidation sites excluding steroid dienone is 2. The quantitative estimate of drug-likeness (QED) is 0.607. The molecule has 2 bridgehead atoms. The molecular weight excluding hydrogens is 300 g/mol. The van der Waals surface area contributed by atoms with Crippen LogP contribution in [-0.4, -0.2) is 17.4 Å². The summed E-state index contributed by atoms with van der Waals surface area (Å²) in [5.74, 6) is 0.919. The molecule has 0 radical (unpaired) electrons. The fourth-order valence-corrected chi connectivity index (χ4v) is 7.63. The Kier molecular flexibility index (Phi) is 3.54. The maximum absolute atomic E-state index is 12.1. The lowest BCUT2D eigenvalue weighted by molar-refractivity contribution is -0.177. The number of hydrogen-bond acceptors (Lipinski definition) is 2. The van der Waals surface area contributed by atoms with Crippen molar-refractivity contribution >= 4 is 12.3 Å². The van der Waals surface area contributed by atoms with Crippen molar-refractivity contribution in [2.45, 2.75) is 71.6 Å². The lowest BCUT2D eigenvalue weighted by Gasteiger charge is -2.63. The van der Waals surface area contributed by atoms with Crippen LogP contribution in [-0.2, 0) is 9.59 Å². The van der Waals surface area contributed by atoms with Crippen LogP contribution >= 0.6 is 0 Å². The van der Waals surface area contributed by atoms with Gasteiger partial charge in [-0.15, -0.1) is 0 Å². The first kappa shape index (κ1) is 16.4. The Balaban J connectivity index is 1.73.